The molecule has 2 aliphatic carbocycles. The van der Waals surface area contributed by atoms with Crippen molar-refractivity contribution in [2.75, 3.05) is 32.6 Å². The van der Waals surface area contributed by atoms with Gasteiger partial charge in [0, 0.05) is 36.5 Å². The van der Waals surface area contributed by atoms with Gasteiger partial charge in [-0.2, -0.15) is 0 Å². The minimum atomic E-state index is -1.73. The van der Waals surface area contributed by atoms with E-state index in [1.54, 1.807) is 17.7 Å². The monoisotopic (exact) mass is 545 g/mol. The van der Waals surface area contributed by atoms with Crippen LogP contribution in [0.4, 0.5) is 5.82 Å². The summed E-state index contributed by atoms with van der Waals surface area (Å²) in [7, 11) is 2.63. The van der Waals surface area contributed by atoms with Gasteiger partial charge in [-0.1, -0.05) is 20.8 Å². The van der Waals surface area contributed by atoms with Gasteiger partial charge in [-0.3, -0.25) is 4.79 Å². The van der Waals surface area contributed by atoms with Crippen molar-refractivity contribution in [3.05, 3.63) is 16.8 Å². The molecule has 0 saturated heterocycles. The fourth-order valence-electron chi connectivity index (χ4n) is 5.45. The molecule has 0 aliphatic heterocycles. The molecule has 1 fully saturated rings. The van der Waals surface area contributed by atoms with E-state index in [1.807, 2.05) is 0 Å². The number of hydrogen-bond donors (Lipinski definition) is 2. The maximum atomic E-state index is 12.9. The summed E-state index contributed by atoms with van der Waals surface area (Å²) in [6, 6.07) is 1.12. The number of thiophene rings is 1. The highest BCUT2D eigenvalue weighted by Crippen LogP contribution is 2.47. The van der Waals surface area contributed by atoms with Crippen molar-refractivity contribution in [1.29, 1.82) is 0 Å². The minimum absolute atomic E-state index is 0.137. The minimum Gasteiger partial charge on any atom is -0.417 e. The Balaban J connectivity index is 1.34. The summed E-state index contributed by atoms with van der Waals surface area (Å²) in [4.78, 5) is 27.0. The summed E-state index contributed by atoms with van der Waals surface area (Å²) >= 11 is 1.78. The predicted octanol–water partition coefficient (Wildman–Crippen LogP) is 5.92. The lowest BCUT2D eigenvalue weighted by Gasteiger charge is -2.36. The first kappa shape index (κ1) is 28.5. The van der Waals surface area contributed by atoms with E-state index in [0.29, 0.717) is 31.7 Å². The third-order valence-corrected chi connectivity index (χ3v) is 14.6. The SMILES string of the molecule is CN(C)C1CCC(Nc2ncnc3sc4c(c23)C(CC(=O)NCCCO[Si](C)(C)C(C)(C)C)CC4)CC1. The summed E-state index contributed by atoms with van der Waals surface area (Å²) in [5, 5.41) is 8.29. The normalized spacial score (nSPS) is 22.4. The zero-order chi connectivity index (χ0) is 26.8. The molecule has 0 aromatic carbocycles. The lowest BCUT2D eigenvalue weighted by atomic mass is 9.90. The van der Waals surface area contributed by atoms with Crippen molar-refractivity contribution in [1.82, 2.24) is 20.2 Å². The van der Waals surface area contributed by atoms with E-state index < -0.39 is 8.32 Å². The number of amides is 1. The average Bonchev–Trinajstić information content (AvgIpc) is 3.38. The van der Waals surface area contributed by atoms with Crippen LogP contribution in [0.15, 0.2) is 6.33 Å². The summed E-state index contributed by atoms with van der Waals surface area (Å²) in [5.74, 6) is 1.34. The van der Waals surface area contributed by atoms with Gasteiger partial charge in [0.1, 0.15) is 17.0 Å². The smallest absolute Gasteiger partial charge is 0.220 e. The Labute approximate surface area is 228 Å². The Morgan fingerprint density at radius 2 is 1.89 bits per heavy atom. The van der Waals surface area contributed by atoms with Crippen LogP contribution in [-0.2, 0) is 15.6 Å². The zero-order valence-corrected chi connectivity index (χ0v) is 25.8. The van der Waals surface area contributed by atoms with Crippen molar-refractivity contribution in [2.45, 2.75) is 108 Å². The summed E-state index contributed by atoms with van der Waals surface area (Å²) in [6.07, 6.45) is 9.88. The Bertz CT molecular complexity index is 1070. The average molecular weight is 546 g/mol. The number of aryl methyl sites for hydroxylation is 1. The van der Waals surface area contributed by atoms with E-state index in [1.165, 1.54) is 23.3 Å². The molecular formula is C28H47N5O2SSi. The van der Waals surface area contributed by atoms with E-state index in [-0.39, 0.29) is 16.9 Å². The molecule has 2 N–H and O–H groups in total. The third kappa shape index (κ3) is 6.72. The van der Waals surface area contributed by atoms with E-state index in [4.69, 9.17) is 4.43 Å². The molecule has 1 saturated carbocycles. The second kappa shape index (κ2) is 11.7. The number of hydrogen-bond acceptors (Lipinski definition) is 7. The lowest BCUT2D eigenvalue weighted by Crippen LogP contribution is -2.41. The van der Waals surface area contributed by atoms with Gasteiger partial charge in [-0.15, -0.1) is 11.3 Å². The number of rotatable bonds is 10. The number of nitrogens with zero attached hydrogens (tertiary/aromatic N) is 3. The highest BCUT2D eigenvalue weighted by molar-refractivity contribution is 7.19. The Morgan fingerprint density at radius 1 is 1.16 bits per heavy atom. The molecular weight excluding hydrogens is 498 g/mol. The van der Waals surface area contributed by atoms with Crippen LogP contribution in [0.25, 0.3) is 10.2 Å². The Morgan fingerprint density at radius 3 is 2.57 bits per heavy atom. The summed E-state index contributed by atoms with van der Waals surface area (Å²) in [5.41, 5.74) is 1.32. The van der Waals surface area contributed by atoms with Crippen LogP contribution in [0.2, 0.25) is 18.1 Å². The molecule has 1 atom stereocenters. The van der Waals surface area contributed by atoms with Crippen molar-refractivity contribution in [3.63, 3.8) is 0 Å². The van der Waals surface area contributed by atoms with Crippen molar-refractivity contribution in [2.24, 2.45) is 0 Å². The maximum Gasteiger partial charge on any atom is 0.220 e. The Hall–Kier alpha value is -1.55. The predicted molar refractivity (Wildman–Crippen MR) is 157 cm³/mol. The van der Waals surface area contributed by atoms with Gasteiger partial charge in [0.05, 0.1) is 5.39 Å². The van der Waals surface area contributed by atoms with Crippen molar-refractivity contribution >= 4 is 41.6 Å². The maximum absolute atomic E-state index is 12.9. The van der Waals surface area contributed by atoms with Crippen molar-refractivity contribution < 1.29 is 9.22 Å². The van der Waals surface area contributed by atoms with Crippen LogP contribution in [0.3, 0.4) is 0 Å². The first-order valence-electron chi connectivity index (χ1n) is 14.1. The van der Waals surface area contributed by atoms with Gasteiger partial charge >= 0.3 is 0 Å². The molecule has 4 rings (SSSR count). The third-order valence-electron chi connectivity index (χ3n) is 8.84. The van der Waals surface area contributed by atoms with Gasteiger partial charge in [0.2, 0.25) is 5.91 Å². The molecule has 0 radical (unpaired) electrons. The molecule has 2 aromatic heterocycles. The van der Waals surface area contributed by atoms with Gasteiger partial charge in [-0.25, -0.2) is 9.97 Å². The second-order valence-corrected chi connectivity index (χ2v) is 18.6. The van der Waals surface area contributed by atoms with Gasteiger partial charge < -0.3 is 20.0 Å². The highest BCUT2D eigenvalue weighted by Gasteiger charge is 2.37. The standard InChI is InChI=1S/C28H47N5O2SSi/c1-28(2,3)37(6,7)35-16-8-15-29-23(34)17-19-9-14-22-24(19)25-26(30-18-31-27(25)36-22)32-20-10-12-21(13-11-20)33(4)5/h18-21H,8-17H2,1-7H3,(H,29,34)(H,30,31,32). The topological polar surface area (TPSA) is 79.4 Å². The number of aromatic nitrogens is 2. The van der Waals surface area contributed by atoms with Crippen molar-refractivity contribution in [3.8, 4) is 0 Å². The van der Waals surface area contributed by atoms with Gasteiger partial charge in [0.25, 0.3) is 0 Å². The summed E-state index contributed by atoms with van der Waals surface area (Å²) in [6.45, 7) is 12.7. The molecule has 37 heavy (non-hydrogen) atoms. The number of fused-ring (bicyclic) bond motifs is 3. The van der Waals surface area contributed by atoms with Crippen LogP contribution in [0.1, 0.15) is 82.1 Å². The molecule has 206 valence electrons. The fourth-order valence-corrected chi connectivity index (χ4v) is 7.78. The van der Waals surface area contributed by atoms with E-state index in [2.05, 4.69) is 73.5 Å². The van der Waals surface area contributed by atoms with Crippen LogP contribution in [-0.4, -0.2) is 68.4 Å². The number of carbonyl (C=O) groups excluding carboxylic acids is 1. The molecule has 1 unspecified atom stereocenters. The molecule has 9 heteroatoms. The first-order chi connectivity index (χ1) is 17.5. The largest absolute Gasteiger partial charge is 0.417 e. The number of carbonyl (C=O) groups is 1. The van der Waals surface area contributed by atoms with Gasteiger partial charge in [-0.05, 0) is 88.7 Å². The number of nitrogens with one attached hydrogen (secondary N) is 2. The first-order valence-corrected chi connectivity index (χ1v) is 17.8. The van der Waals surface area contributed by atoms with E-state index >= 15 is 0 Å². The zero-order valence-electron chi connectivity index (χ0n) is 23.9. The quantitative estimate of drug-likeness (QED) is 0.285. The second-order valence-electron chi connectivity index (χ2n) is 12.7. The number of anilines is 1. The molecule has 2 aromatic rings. The molecule has 7 nitrogen and oxygen atoms in total. The van der Waals surface area contributed by atoms with Crippen LogP contribution < -0.4 is 10.6 Å². The van der Waals surface area contributed by atoms with Crippen LogP contribution in [0.5, 0.6) is 0 Å². The molecule has 2 aliphatic rings. The summed E-state index contributed by atoms with van der Waals surface area (Å²) < 4.78 is 6.25. The lowest BCUT2D eigenvalue weighted by molar-refractivity contribution is -0.121. The molecule has 2 heterocycles. The highest BCUT2D eigenvalue weighted by atomic mass is 32.1. The van der Waals surface area contributed by atoms with Crippen LogP contribution >= 0.6 is 11.3 Å². The van der Waals surface area contributed by atoms with E-state index in [9.17, 15) is 4.79 Å². The Kier molecular flexibility index (Phi) is 8.98. The molecule has 0 spiro atoms. The van der Waals surface area contributed by atoms with E-state index in [0.717, 1.165) is 48.1 Å². The molecule has 1 amide bonds. The molecule has 0 bridgehead atoms. The fraction of sp³-hybridized carbons (Fsp3) is 0.750. The van der Waals surface area contributed by atoms with Crippen LogP contribution in [0, 0.1) is 0 Å². The van der Waals surface area contributed by atoms with Gasteiger partial charge in [0.15, 0.2) is 8.32 Å².